The van der Waals surface area contributed by atoms with Crippen molar-refractivity contribution < 1.29 is 9.59 Å². The molecule has 0 bridgehead atoms. The van der Waals surface area contributed by atoms with Crippen molar-refractivity contribution >= 4 is 34.0 Å². The normalized spacial score (nSPS) is 18.8. The number of benzene rings is 1. The molecule has 0 spiro atoms. The Kier molecular flexibility index (Phi) is 6.32. The van der Waals surface area contributed by atoms with Crippen LogP contribution in [0.25, 0.3) is 0 Å². The second kappa shape index (κ2) is 8.99. The molecule has 2 amide bonds. The lowest BCUT2D eigenvalue weighted by atomic mass is 9.90. The molecule has 1 atom stereocenters. The maximum absolute atomic E-state index is 12.9. The monoisotopic (exact) mass is 440 g/mol. The molecule has 2 aromatic rings. The van der Waals surface area contributed by atoms with E-state index in [4.69, 9.17) is 4.98 Å². The smallest absolute Gasteiger partial charge is 0.227 e. The quantitative estimate of drug-likeness (QED) is 0.785. The number of fused-ring (bicyclic) bond motifs is 1. The van der Waals surface area contributed by atoms with Crippen LogP contribution in [-0.4, -0.2) is 47.9 Å². The fourth-order valence-corrected chi connectivity index (χ4v) is 5.55. The molecule has 1 aliphatic carbocycles. The van der Waals surface area contributed by atoms with E-state index in [0.29, 0.717) is 0 Å². The highest BCUT2D eigenvalue weighted by Gasteiger charge is 2.30. The van der Waals surface area contributed by atoms with Crippen LogP contribution < -0.4 is 10.2 Å². The van der Waals surface area contributed by atoms with Crippen LogP contribution in [0, 0.1) is 25.7 Å². The molecule has 1 saturated heterocycles. The molecule has 0 saturated carbocycles. The molecular formula is C24H32N4O2S. The van der Waals surface area contributed by atoms with E-state index in [-0.39, 0.29) is 23.7 Å². The number of aryl methyl sites for hydroxylation is 3. The van der Waals surface area contributed by atoms with Crippen molar-refractivity contribution in [2.75, 3.05) is 36.4 Å². The maximum atomic E-state index is 12.9. The molecule has 2 heterocycles. The van der Waals surface area contributed by atoms with Gasteiger partial charge in [-0.05, 0) is 50.3 Å². The van der Waals surface area contributed by atoms with Gasteiger partial charge in [0.2, 0.25) is 11.8 Å². The van der Waals surface area contributed by atoms with Gasteiger partial charge in [0, 0.05) is 48.6 Å². The van der Waals surface area contributed by atoms with Crippen LogP contribution in [0.2, 0.25) is 0 Å². The number of hydrogen-bond acceptors (Lipinski definition) is 5. The molecule has 2 aliphatic rings. The number of carbonyl (C=O) groups excluding carboxylic acids is 2. The SMILES string of the molecule is Cc1ccc(C)c(NC(=O)C2CCc3nc(N4CCN(C(=O)C(C)C)CC4)sc3C2)c1. The Bertz CT molecular complexity index is 976. The van der Waals surface area contributed by atoms with Gasteiger partial charge in [0.05, 0.1) is 5.69 Å². The summed E-state index contributed by atoms with van der Waals surface area (Å²) in [5.74, 6) is 0.373. The Hall–Kier alpha value is -2.41. The fourth-order valence-electron chi connectivity index (χ4n) is 4.31. The minimum absolute atomic E-state index is 0.0128. The molecule has 1 aromatic carbocycles. The van der Waals surface area contributed by atoms with Crippen LogP contribution in [0.15, 0.2) is 18.2 Å². The van der Waals surface area contributed by atoms with Gasteiger partial charge in [-0.3, -0.25) is 9.59 Å². The number of aromatic nitrogens is 1. The lowest BCUT2D eigenvalue weighted by molar-refractivity contribution is -0.134. The highest BCUT2D eigenvalue weighted by atomic mass is 32.1. The van der Waals surface area contributed by atoms with Crippen molar-refractivity contribution in [1.29, 1.82) is 0 Å². The molecule has 6 nitrogen and oxygen atoms in total. The number of hydrogen-bond donors (Lipinski definition) is 1. The van der Waals surface area contributed by atoms with Gasteiger partial charge >= 0.3 is 0 Å². The highest BCUT2D eigenvalue weighted by molar-refractivity contribution is 7.15. The van der Waals surface area contributed by atoms with Crippen molar-refractivity contribution in [1.82, 2.24) is 9.88 Å². The van der Waals surface area contributed by atoms with Gasteiger partial charge in [-0.15, -0.1) is 11.3 Å². The molecule has 1 N–H and O–H groups in total. The first-order chi connectivity index (χ1) is 14.8. The summed E-state index contributed by atoms with van der Waals surface area (Å²) in [5, 5.41) is 4.18. The number of nitrogens with zero attached hydrogens (tertiary/aromatic N) is 3. The van der Waals surface area contributed by atoms with Gasteiger partial charge in [-0.25, -0.2) is 4.98 Å². The summed E-state index contributed by atoms with van der Waals surface area (Å²) >= 11 is 1.72. The Labute approximate surface area is 188 Å². The Morgan fingerprint density at radius 2 is 1.90 bits per heavy atom. The van der Waals surface area contributed by atoms with E-state index in [2.05, 4.69) is 16.3 Å². The number of carbonyl (C=O) groups is 2. The van der Waals surface area contributed by atoms with E-state index in [1.54, 1.807) is 11.3 Å². The Balaban J connectivity index is 1.38. The van der Waals surface area contributed by atoms with Gasteiger partial charge in [0.1, 0.15) is 0 Å². The molecule has 1 fully saturated rings. The maximum Gasteiger partial charge on any atom is 0.227 e. The summed E-state index contributed by atoms with van der Waals surface area (Å²) in [6.07, 6.45) is 2.45. The Morgan fingerprint density at radius 1 is 1.16 bits per heavy atom. The number of nitrogens with one attached hydrogen (secondary N) is 1. The van der Waals surface area contributed by atoms with Gasteiger partial charge in [-0.1, -0.05) is 26.0 Å². The lowest BCUT2D eigenvalue weighted by Crippen LogP contribution is -2.49. The number of thiazole rings is 1. The van der Waals surface area contributed by atoms with E-state index in [0.717, 1.165) is 73.1 Å². The van der Waals surface area contributed by atoms with Gasteiger partial charge in [0.25, 0.3) is 0 Å². The van der Waals surface area contributed by atoms with Crippen LogP contribution in [0.4, 0.5) is 10.8 Å². The molecule has 1 unspecified atom stereocenters. The summed E-state index contributed by atoms with van der Waals surface area (Å²) in [4.78, 5) is 35.5. The summed E-state index contributed by atoms with van der Waals surface area (Å²) in [7, 11) is 0. The molecule has 4 rings (SSSR count). The topological polar surface area (TPSA) is 65.5 Å². The summed E-state index contributed by atoms with van der Waals surface area (Å²) in [5.41, 5.74) is 4.30. The third kappa shape index (κ3) is 4.76. The van der Waals surface area contributed by atoms with Gasteiger partial charge in [-0.2, -0.15) is 0 Å². The van der Waals surface area contributed by atoms with E-state index in [1.165, 1.54) is 4.88 Å². The first kappa shape index (κ1) is 21.8. The van der Waals surface area contributed by atoms with Crippen molar-refractivity contribution in [3.05, 3.63) is 39.9 Å². The van der Waals surface area contributed by atoms with Crippen LogP contribution in [0.3, 0.4) is 0 Å². The van der Waals surface area contributed by atoms with Gasteiger partial charge in [0.15, 0.2) is 5.13 Å². The standard InChI is InChI=1S/C24H32N4O2S/c1-15(2)23(30)27-9-11-28(12-10-27)24-26-19-8-7-18(14-21(19)31-24)22(29)25-20-13-16(3)5-6-17(20)4/h5-6,13,15,18H,7-12,14H2,1-4H3,(H,25,29). The lowest BCUT2D eigenvalue weighted by Gasteiger charge is -2.35. The first-order valence-electron chi connectivity index (χ1n) is 11.2. The first-order valence-corrected chi connectivity index (χ1v) is 12.0. The van der Waals surface area contributed by atoms with E-state index in [1.807, 2.05) is 44.7 Å². The second-order valence-corrected chi connectivity index (χ2v) is 10.1. The number of anilines is 2. The van der Waals surface area contributed by atoms with Crippen molar-refractivity contribution in [2.45, 2.75) is 47.0 Å². The van der Waals surface area contributed by atoms with Gasteiger partial charge < -0.3 is 15.1 Å². The van der Waals surface area contributed by atoms with Crippen LogP contribution in [0.5, 0.6) is 0 Å². The third-order valence-corrected chi connectivity index (χ3v) is 7.49. The molecule has 166 valence electrons. The minimum atomic E-state index is -0.0128. The van der Waals surface area contributed by atoms with E-state index in [9.17, 15) is 9.59 Å². The second-order valence-electron chi connectivity index (χ2n) is 9.08. The van der Waals surface area contributed by atoms with Crippen LogP contribution in [0.1, 0.15) is 42.0 Å². The van der Waals surface area contributed by atoms with Crippen molar-refractivity contribution in [3.8, 4) is 0 Å². The molecule has 0 radical (unpaired) electrons. The zero-order valence-electron chi connectivity index (χ0n) is 18.9. The number of rotatable bonds is 4. The predicted octanol–water partition coefficient (Wildman–Crippen LogP) is 3.81. The number of piperazine rings is 1. The molecule has 7 heteroatoms. The average molecular weight is 441 g/mol. The third-order valence-electron chi connectivity index (χ3n) is 6.31. The predicted molar refractivity (Wildman–Crippen MR) is 126 cm³/mol. The minimum Gasteiger partial charge on any atom is -0.345 e. The zero-order chi connectivity index (χ0) is 22.1. The van der Waals surface area contributed by atoms with Crippen LogP contribution in [-0.2, 0) is 22.4 Å². The summed E-state index contributed by atoms with van der Waals surface area (Å²) in [6.45, 7) is 11.1. The molecule has 1 aliphatic heterocycles. The van der Waals surface area contributed by atoms with Crippen molar-refractivity contribution in [3.63, 3.8) is 0 Å². The molecule has 31 heavy (non-hydrogen) atoms. The van der Waals surface area contributed by atoms with E-state index < -0.39 is 0 Å². The van der Waals surface area contributed by atoms with Crippen LogP contribution >= 0.6 is 11.3 Å². The molecule has 1 aromatic heterocycles. The summed E-state index contributed by atoms with van der Waals surface area (Å²) in [6, 6.07) is 6.15. The molecular weight excluding hydrogens is 408 g/mol. The van der Waals surface area contributed by atoms with E-state index >= 15 is 0 Å². The highest BCUT2D eigenvalue weighted by Crippen LogP contribution is 2.35. The fraction of sp³-hybridized carbons (Fsp3) is 0.542. The zero-order valence-corrected chi connectivity index (χ0v) is 19.7. The number of amides is 2. The average Bonchev–Trinajstić information content (AvgIpc) is 3.19. The Morgan fingerprint density at radius 3 is 2.61 bits per heavy atom. The van der Waals surface area contributed by atoms with Crippen molar-refractivity contribution in [2.24, 2.45) is 11.8 Å². The summed E-state index contributed by atoms with van der Waals surface area (Å²) < 4.78 is 0. The largest absolute Gasteiger partial charge is 0.345 e.